The van der Waals surface area contributed by atoms with Gasteiger partial charge in [0.2, 0.25) is 0 Å². The zero-order valence-electron chi connectivity index (χ0n) is 16.3. The molecule has 1 heterocycles. The lowest BCUT2D eigenvalue weighted by Crippen LogP contribution is -2.63. The summed E-state index contributed by atoms with van der Waals surface area (Å²) >= 11 is 0. The number of piperidine rings is 1. The monoisotopic (exact) mass is 359 g/mol. The Morgan fingerprint density at radius 2 is 1.73 bits per heavy atom. The van der Waals surface area contributed by atoms with Gasteiger partial charge in [0, 0.05) is 23.9 Å². The molecule has 0 bridgehead atoms. The molecule has 0 N–H and O–H groups in total. The van der Waals surface area contributed by atoms with E-state index in [1.807, 2.05) is 51.0 Å². The van der Waals surface area contributed by atoms with Crippen LogP contribution in [0.4, 0.5) is 0 Å². The third-order valence-corrected chi connectivity index (χ3v) is 4.67. The molecular formula is C21H29NO4. The molecule has 0 spiro atoms. The molecule has 0 amide bonds. The van der Waals surface area contributed by atoms with E-state index in [4.69, 9.17) is 9.57 Å². The first-order valence-electron chi connectivity index (χ1n) is 8.90. The van der Waals surface area contributed by atoms with Crippen molar-refractivity contribution in [3.8, 4) is 0 Å². The van der Waals surface area contributed by atoms with Crippen molar-refractivity contribution in [2.24, 2.45) is 0 Å². The van der Waals surface area contributed by atoms with Crippen LogP contribution in [0.3, 0.4) is 0 Å². The van der Waals surface area contributed by atoms with Crippen molar-refractivity contribution in [3.63, 3.8) is 0 Å². The number of hydroxylamine groups is 2. The molecule has 5 nitrogen and oxygen atoms in total. The maximum absolute atomic E-state index is 12.4. The van der Waals surface area contributed by atoms with E-state index >= 15 is 0 Å². The molecule has 26 heavy (non-hydrogen) atoms. The van der Waals surface area contributed by atoms with E-state index in [0.29, 0.717) is 24.0 Å². The fourth-order valence-electron chi connectivity index (χ4n) is 3.68. The summed E-state index contributed by atoms with van der Waals surface area (Å²) in [6, 6.07) is 9.00. The second-order valence-electron chi connectivity index (χ2n) is 8.23. The van der Waals surface area contributed by atoms with Crippen LogP contribution < -0.4 is 0 Å². The van der Waals surface area contributed by atoms with Crippen LogP contribution in [0.15, 0.2) is 42.5 Å². The molecule has 0 radical (unpaired) electrons. The number of rotatable bonds is 6. The standard InChI is InChI=1S/C21H29NO4/c1-15(2)18(14-23)26-22-20(3,4)12-17(13-21(22,5)6)25-19(24)16-10-8-7-9-11-16/h7-11,14,17-18H,1,12-13H2,2-6H3. The van der Waals surface area contributed by atoms with E-state index in [0.717, 1.165) is 6.29 Å². The normalized spacial score (nSPS) is 21.0. The Kier molecular flexibility index (Phi) is 6.04. The summed E-state index contributed by atoms with van der Waals surface area (Å²) in [5.41, 5.74) is 0.370. The Morgan fingerprint density at radius 1 is 1.19 bits per heavy atom. The lowest BCUT2D eigenvalue weighted by molar-refractivity contribution is -0.300. The predicted octanol–water partition coefficient (Wildman–Crippen LogP) is 3.94. The van der Waals surface area contributed by atoms with E-state index in [-0.39, 0.29) is 12.1 Å². The molecule has 1 aromatic rings. The van der Waals surface area contributed by atoms with Gasteiger partial charge in [-0.15, -0.1) is 0 Å². The number of esters is 1. The number of nitrogens with zero attached hydrogens (tertiary/aromatic N) is 1. The van der Waals surface area contributed by atoms with Gasteiger partial charge in [-0.1, -0.05) is 24.8 Å². The van der Waals surface area contributed by atoms with E-state index in [1.54, 1.807) is 19.1 Å². The maximum Gasteiger partial charge on any atom is 0.338 e. The topological polar surface area (TPSA) is 55.8 Å². The van der Waals surface area contributed by atoms with Crippen molar-refractivity contribution >= 4 is 12.3 Å². The number of carbonyl (C=O) groups excluding carboxylic acids is 2. The summed E-state index contributed by atoms with van der Waals surface area (Å²) in [5, 5.41) is 1.86. The summed E-state index contributed by atoms with van der Waals surface area (Å²) in [5.74, 6) is -0.315. The lowest BCUT2D eigenvalue weighted by Gasteiger charge is -2.53. The molecule has 0 aromatic heterocycles. The highest BCUT2D eigenvalue weighted by atomic mass is 16.7. The first-order chi connectivity index (χ1) is 12.1. The molecule has 5 heteroatoms. The second kappa shape index (κ2) is 7.72. The molecule has 1 aromatic carbocycles. The van der Waals surface area contributed by atoms with E-state index in [2.05, 4.69) is 6.58 Å². The van der Waals surface area contributed by atoms with Crippen molar-refractivity contribution < 1.29 is 19.2 Å². The third-order valence-electron chi connectivity index (χ3n) is 4.67. The number of benzene rings is 1. The fraction of sp³-hybridized carbons (Fsp3) is 0.524. The molecule has 1 aliphatic rings. The molecule has 142 valence electrons. The smallest absolute Gasteiger partial charge is 0.338 e. The largest absolute Gasteiger partial charge is 0.459 e. The van der Waals surface area contributed by atoms with Crippen LogP contribution in [0.1, 0.15) is 57.8 Å². The van der Waals surface area contributed by atoms with Crippen molar-refractivity contribution in [1.82, 2.24) is 5.06 Å². The number of aldehydes is 1. The molecule has 1 unspecified atom stereocenters. The molecule has 0 aliphatic carbocycles. The van der Waals surface area contributed by atoms with Crippen molar-refractivity contribution in [2.45, 2.75) is 70.7 Å². The minimum absolute atomic E-state index is 0.230. The van der Waals surface area contributed by atoms with E-state index < -0.39 is 17.2 Å². The van der Waals surface area contributed by atoms with Crippen LogP contribution in [0.5, 0.6) is 0 Å². The molecule has 1 atom stereocenters. The predicted molar refractivity (Wildman–Crippen MR) is 101 cm³/mol. The van der Waals surface area contributed by atoms with Crippen molar-refractivity contribution in [1.29, 1.82) is 0 Å². The maximum atomic E-state index is 12.4. The van der Waals surface area contributed by atoms with Crippen LogP contribution >= 0.6 is 0 Å². The highest BCUT2D eigenvalue weighted by molar-refractivity contribution is 5.89. The summed E-state index contributed by atoms with van der Waals surface area (Å²) in [7, 11) is 0. The van der Waals surface area contributed by atoms with Gasteiger partial charge in [0.25, 0.3) is 0 Å². The van der Waals surface area contributed by atoms with Gasteiger partial charge in [0.05, 0.1) is 5.56 Å². The van der Waals surface area contributed by atoms with Gasteiger partial charge in [0.1, 0.15) is 6.10 Å². The van der Waals surface area contributed by atoms with Gasteiger partial charge in [-0.25, -0.2) is 4.79 Å². The number of ether oxygens (including phenoxy) is 1. The Morgan fingerprint density at radius 3 is 2.19 bits per heavy atom. The van der Waals surface area contributed by atoms with Gasteiger partial charge in [0.15, 0.2) is 12.4 Å². The number of carbonyl (C=O) groups is 2. The lowest BCUT2D eigenvalue weighted by atomic mass is 9.80. The summed E-state index contributed by atoms with van der Waals surface area (Å²) in [6.07, 6.45) is 1.06. The Bertz CT molecular complexity index is 648. The van der Waals surface area contributed by atoms with Crippen LogP contribution in [0.25, 0.3) is 0 Å². The highest BCUT2D eigenvalue weighted by Gasteiger charge is 2.48. The Balaban J connectivity index is 2.14. The van der Waals surface area contributed by atoms with Crippen molar-refractivity contribution in [2.75, 3.05) is 0 Å². The highest BCUT2D eigenvalue weighted by Crippen LogP contribution is 2.40. The second-order valence-corrected chi connectivity index (χ2v) is 8.23. The Labute approximate surface area is 155 Å². The molecular weight excluding hydrogens is 330 g/mol. The van der Waals surface area contributed by atoms with Gasteiger partial charge in [-0.3, -0.25) is 9.63 Å². The molecule has 2 rings (SSSR count). The summed E-state index contributed by atoms with van der Waals surface area (Å²) < 4.78 is 5.77. The molecule has 0 saturated carbocycles. The quantitative estimate of drug-likeness (QED) is 0.437. The van der Waals surface area contributed by atoms with Gasteiger partial charge in [-0.2, -0.15) is 5.06 Å². The number of hydrogen-bond donors (Lipinski definition) is 0. The van der Waals surface area contributed by atoms with Gasteiger partial charge < -0.3 is 4.74 Å². The molecule has 1 fully saturated rings. The summed E-state index contributed by atoms with van der Waals surface area (Å²) in [4.78, 5) is 29.7. The van der Waals surface area contributed by atoms with Gasteiger partial charge >= 0.3 is 5.97 Å². The zero-order chi connectivity index (χ0) is 19.5. The SMILES string of the molecule is C=C(C)C(C=O)ON1C(C)(C)CC(OC(=O)c2ccccc2)CC1(C)C. The minimum Gasteiger partial charge on any atom is -0.459 e. The van der Waals surface area contributed by atoms with E-state index in [9.17, 15) is 9.59 Å². The van der Waals surface area contributed by atoms with Crippen molar-refractivity contribution in [3.05, 3.63) is 48.0 Å². The van der Waals surface area contributed by atoms with Gasteiger partial charge in [-0.05, 0) is 52.3 Å². The average molecular weight is 359 g/mol. The summed E-state index contributed by atoms with van der Waals surface area (Å²) in [6.45, 7) is 13.7. The van der Waals surface area contributed by atoms with Crippen LogP contribution in [-0.4, -0.2) is 40.6 Å². The first-order valence-corrected chi connectivity index (χ1v) is 8.90. The fourth-order valence-corrected chi connectivity index (χ4v) is 3.68. The van der Waals surface area contributed by atoms with Crippen LogP contribution in [-0.2, 0) is 14.4 Å². The molecule has 1 aliphatic heterocycles. The van der Waals surface area contributed by atoms with Crippen LogP contribution in [0, 0.1) is 0 Å². The molecule has 1 saturated heterocycles. The minimum atomic E-state index is -0.683. The third kappa shape index (κ3) is 4.59. The first kappa shape index (κ1) is 20.3. The zero-order valence-corrected chi connectivity index (χ0v) is 16.3. The van der Waals surface area contributed by atoms with E-state index in [1.165, 1.54) is 0 Å². The average Bonchev–Trinajstić information content (AvgIpc) is 2.53. The number of hydrogen-bond acceptors (Lipinski definition) is 5. The Hall–Kier alpha value is -1.98. The van der Waals surface area contributed by atoms with Crippen LogP contribution in [0.2, 0.25) is 0 Å².